The highest BCUT2D eigenvalue weighted by atomic mass is 19.1. The van der Waals surface area contributed by atoms with Crippen LogP contribution in [0.3, 0.4) is 0 Å². The molecule has 1 rings (SSSR count). The standard InChI is InChI=1S/C10H9FN2O2/c11-8-4-1-7(2-5-8)3-6-9(14)13-10(12)15/h1-6H,(H3,12,13,14,15). The number of hydrogen-bond acceptors (Lipinski definition) is 2. The van der Waals surface area contributed by atoms with Crippen molar-refractivity contribution < 1.29 is 14.0 Å². The Balaban J connectivity index is 2.61. The number of nitrogens with one attached hydrogen (secondary N) is 1. The largest absolute Gasteiger partial charge is 0.351 e. The average molecular weight is 208 g/mol. The van der Waals surface area contributed by atoms with E-state index in [9.17, 15) is 14.0 Å². The highest BCUT2D eigenvalue weighted by molar-refractivity contribution is 6.01. The number of imide groups is 1. The zero-order valence-electron chi connectivity index (χ0n) is 7.74. The molecule has 0 aliphatic carbocycles. The van der Waals surface area contributed by atoms with Gasteiger partial charge in [0.2, 0.25) is 0 Å². The van der Waals surface area contributed by atoms with Crippen LogP contribution in [0.25, 0.3) is 6.08 Å². The van der Waals surface area contributed by atoms with Gasteiger partial charge in [0, 0.05) is 6.08 Å². The maximum absolute atomic E-state index is 12.5. The summed E-state index contributed by atoms with van der Waals surface area (Å²) in [5.74, 6) is -0.972. The van der Waals surface area contributed by atoms with E-state index in [2.05, 4.69) is 0 Å². The molecule has 0 saturated heterocycles. The van der Waals surface area contributed by atoms with Gasteiger partial charge < -0.3 is 5.73 Å². The number of carbonyl (C=O) groups excluding carboxylic acids is 2. The van der Waals surface area contributed by atoms with E-state index in [1.54, 1.807) is 0 Å². The second-order valence-electron chi connectivity index (χ2n) is 2.74. The van der Waals surface area contributed by atoms with E-state index in [4.69, 9.17) is 5.73 Å². The fourth-order valence-electron chi connectivity index (χ4n) is 0.909. The lowest BCUT2D eigenvalue weighted by molar-refractivity contribution is -0.115. The van der Waals surface area contributed by atoms with Crippen LogP contribution in [0, 0.1) is 5.82 Å². The lowest BCUT2D eigenvalue weighted by Gasteiger charge is -1.94. The number of halogens is 1. The number of primary amides is 1. The van der Waals surface area contributed by atoms with Gasteiger partial charge in [-0.15, -0.1) is 0 Å². The van der Waals surface area contributed by atoms with E-state index in [0.29, 0.717) is 5.56 Å². The summed E-state index contributed by atoms with van der Waals surface area (Å²) in [5.41, 5.74) is 5.38. The van der Waals surface area contributed by atoms with Crippen molar-refractivity contribution in [1.82, 2.24) is 5.32 Å². The molecule has 0 aliphatic heterocycles. The summed E-state index contributed by atoms with van der Waals surface area (Å²) in [5, 5.41) is 1.86. The molecule has 15 heavy (non-hydrogen) atoms. The van der Waals surface area contributed by atoms with E-state index < -0.39 is 11.9 Å². The first-order chi connectivity index (χ1) is 7.08. The van der Waals surface area contributed by atoms with Crippen molar-refractivity contribution in [2.45, 2.75) is 0 Å². The number of nitrogens with two attached hydrogens (primary N) is 1. The van der Waals surface area contributed by atoms with Crippen LogP contribution in [0.2, 0.25) is 0 Å². The Morgan fingerprint density at radius 3 is 2.40 bits per heavy atom. The van der Waals surface area contributed by atoms with Gasteiger partial charge in [-0.25, -0.2) is 9.18 Å². The molecule has 78 valence electrons. The van der Waals surface area contributed by atoms with Crippen LogP contribution in [-0.4, -0.2) is 11.9 Å². The van der Waals surface area contributed by atoms with Crippen molar-refractivity contribution in [3.8, 4) is 0 Å². The number of carbonyl (C=O) groups is 2. The lowest BCUT2D eigenvalue weighted by Crippen LogP contribution is -2.33. The molecule has 1 aromatic rings. The second-order valence-corrected chi connectivity index (χ2v) is 2.74. The van der Waals surface area contributed by atoms with Crippen molar-refractivity contribution in [1.29, 1.82) is 0 Å². The van der Waals surface area contributed by atoms with Crippen LogP contribution in [-0.2, 0) is 4.79 Å². The Hall–Kier alpha value is -2.17. The molecule has 1 aromatic carbocycles. The van der Waals surface area contributed by atoms with Crippen molar-refractivity contribution in [3.63, 3.8) is 0 Å². The van der Waals surface area contributed by atoms with Gasteiger partial charge in [-0.1, -0.05) is 12.1 Å². The normalized spacial score (nSPS) is 10.2. The predicted molar refractivity (Wildman–Crippen MR) is 53.2 cm³/mol. The summed E-state index contributed by atoms with van der Waals surface area (Å²) < 4.78 is 12.5. The molecule has 0 radical (unpaired) electrons. The van der Waals surface area contributed by atoms with Gasteiger partial charge in [-0.05, 0) is 23.8 Å². The molecular formula is C10H9FN2O2. The SMILES string of the molecule is NC(=O)NC(=O)C=Cc1ccc(F)cc1. The Morgan fingerprint density at radius 2 is 1.87 bits per heavy atom. The van der Waals surface area contributed by atoms with Gasteiger partial charge in [0.1, 0.15) is 5.82 Å². The summed E-state index contributed by atoms with van der Waals surface area (Å²) in [6, 6.07) is 4.63. The van der Waals surface area contributed by atoms with Gasteiger partial charge in [0.05, 0.1) is 0 Å². The van der Waals surface area contributed by atoms with Crippen LogP contribution in [0.5, 0.6) is 0 Å². The highest BCUT2D eigenvalue weighted by Crippen LogP contribution is 2.04. The highest BCUT2D eigenvalue weighted by Gasteiger charge is 1.97. The third kappa shape index (κ3) is 4.04. The molecule has 3 amide bonds. The van der Waals surface area contributed by atoms with Crippen LogP contribution in [0.4, 0.5) is 9.18 Å². The Labute approximate surface area is 85.6 Å². The number of rotatable bonds is 2. The van der Waals surface area contributed by atoms with Gasteiger partial charge in [-0.2, -0.15) is 0 Å². The minimum Gasteiger partial charge on any atom is -0.351 e. The summed E-state index contributed by atoms with van der Waals surface area (Å²) in [4.78, 5) is 21.2. The molecule has 0 bridgehead atoms. The Morgan fingerprint density at radius 1 is 1.27 bits per heavy atom. The molecule has 0 aliphatic rings. The fraction of sp³-hybridized carbons (Fsp3) is 0. The average Bonchev–Trinajstić information content (AvgIpc) is 2.16. The second kappa shape index (κ2) is 4.90. The van der Waals surface area contributed by atoms with Crippen molar-refractivity contribution in [3.05, 3.63) is 41.7 Å². The predicted octanol–water partition coefficient (Wildman–Crippen LogP) is 1.03. The van der Waals surface area contributed by atoms with E-state index in [1.165, 1.54) is 30.3 Å². The van der Waals surface area contributed by atoms with Gasteiger partial charge in [-0.3, -0.25) is 10.1 Å². The van der Waals surface area contributed by atoms with Crippen molar-refractivity contribution >= 4 is 18.0 Å². The molecule has 0 heterocycles. The zero-order chi connectivity index (χ0) is 11.3. The van der Waals surface area contributed by atoms with Crippen LogP contribution in [0.15, 0.2) is 30.3 Å². The van der Waals surface area contributed by atoms with E-state index in [-0.39, 0.29) is 5.82 Å². The van der Waals surface area contributed by atoms with Gasteiger partial charge >= 0.3 is 6.03 Å². The molecule has 4 nitrogen and oxygen atoms in total. The van der Waals surface area contributed by atoms with E-state index in [1.807, 2.05) is 5.32 Å². The van der Waals surface area contributed by atoms with Crippen LogP contribution in [0.1, 0.15) is 5.56 Å². The van der Waals surface area contributed by atoms with Gasteiger partial charge in [0.25, 0.3) is 5.91 Å². The monoisotopic (exact) mass is 208 g/mol. The smallest absolute Gasteiger partial charge is 0.319 e. The quantitative estimate of drug-likeness (QED) is 0.712. The first-order valence-electron chi connectivity index (χ1n) is 4.12. The zero-order valence-corrected chi connectivity index (χ0v) is 7.74. The number of urea groups is 1. The number of benzene rings is 1. The maximum Gasteiger partial charge on any atom is 0.319 e. The molecule has 0 spiro atoms. The van der Waals surface area contributed by atoms with E-state index >= 15 is 0 Å². The summed E-state index contributed by atoms with van der Waals surface area (Å²) in [6.45, 7) is 0. The third-order valence-corrected chi connectivity index (χ3v) is 1.54. The Bertz CT molecular complexity index is 398. The number of amides is 3. The molecule has 5 heteroatoms. The summed E-state index contributed by atoms with van der Waals surface area (Å²) in [7, 11) is 0. The van der Waals surface area contributed by atoms with Crippen molar-refractivity contribution in [2.75, 3.05) is 0 Å². The minimum absolute atomic E-state index is 0.353. The first kappa shape index (κ1) is 10.9. The van der Waals surface area contributed by atoms with E-state index in [0.717, 1.165) is 6.08 Å². The topological polar surface area (TPSA) is 72.2 Å². The third-order valence-electron chi connectivity index (χ3n) is 1.54. The number of hydrogen-bond donors (Lipinski definition) is 2. The van der Waals surface area contributed by atoms with Crippen LogP contribution >= 0.6 is 0 Å². The Kier molecular flexibility index (Phi) is 3.56. The minimum atomic E-state index is -0.913. The summed E-state index contributed by atoms with van der Waals surface area (Å²) >= 11 is 0. The summed E-state index contributed by atoms with van der Waals surface area (Å²) in [6.07, 6.45) is 2.58. The fourth-order valence-corrected chi connectivity index (χ4v) is 0.909. The molecule has 3 N–H and O–H groups in total. The van der Waals surface area contributed by atoms with Crippen LogP contribution < -0.4 is 11.1 Å². The lowest BCUT2D eigenvalue weighted by atomic mass is 10.2. The van der Waals surface area contributed by atoms with Gasteiger partial charge in [0.15, 0.2) is 0 Å². The molecule has 0 aromatic heterocycles. The maximum atomic E-state index is 12.5. The first-order valence-corrected chi connectivity index (χ1v) is 4.12. The van der Waals surface area contributed by atoms with Crippen molar-refractivity contribution in [2.24, 2.45) is 5.73 Å². The molecular weight excluding hydrogens is 199 g/mol. The molecule has 0 fully saturated rings. The molecule has 0 unspecified atom stereocenters. The molecule has 0 atom stereocenters. The molecule has 0 saturated carbocycles.